The third-order valence-electron chi connectivity index (χ3n) is 2.92. The van der Waals surface area contributed by atoms with Gasteiger partial charge in [-0.05, 0) is 32.4 Å². The number of nitrogens with zero attached hydrogens (tertiary/aromatic N) is 1. The van der Waals surface area contributed by atoms with Crippen molar-refractivity contribution < 1.29 is 14.3 Å². The number of ketones is 1. The normalized spacial score (nSPS) is 10.9. The molecule has 0 unspecified atom stereocenters. The van der Waals surface area contributed by atoms with Crippen LogP contribution < -0.4 is 0 Å². The van der Waals surface area contributed by atoms with Crippen LogP contribution in [0.25, 0.3) is 6.08 Å². The number of rotatable bonds is 3. The molecule has 0 aromatic carbocycles. The number of methoxy groups -OCH3 is 1. The Morgan fingerprint density at radius 2 is 1.88 bits per heavy atom. The molecule has 0 saturated carbocycles. The summed E-state index contributed by atoms with van der Waals surface area (Å²) in [4.78, 5) is 22.6. The molecule has 92 valence electrons. The molecule has 0 N–H and O–H groups in total. The number of carbonyl (C=O) groups is 2. The molecule has 4 heteroatoms. The molecule has 0 aliphatic heterocycles. The molecule has 1 aromatic rings. The zero-order chi connectivity index (χ0) is 13.2. The van der Waals surface area contributed by atoms with E-state index in [1.807, 2.05) is 25.5 Å². The molecule has 0 bridgehead atoms. The topological polar surface area (TPSA) is 48.3 Å². The fourth-order valence-corrected chi connectivity index (χ4v) is 1.97. The molecule has 1 heterocycles. The number of carbonyl (C=O) groups excluding carboxylic acids is 2. The highest BCUT2D eigenvalue weighted by atomic mass is 16.5. The first-order chi connectivity index (χ1) is 7.90. The van der Waals surface area contributed by atoms with Gasteiger partial charge in [-0.1, -0.05) is 0 Å². The van der Waals surface area contributed by atoms with Crippen molar-refractivity contribution in [2.24, 2.45) is 7.05 Å². The number of esters is 1. The first-order valence-electron chi connectivity index (χ1n) is 5.33. The predicted octanol–water partition coefficient (Wildman–Crippen LogP) is 2.03. The van der Waals surface area contributed by atoms with E-state index < -0.39 is 5.97 Å². The van der Waals surface area contributed by atoms with E-state index in [0.29, 0.717) is 0 Å². The first kappa shape index (κ1) is 13.2. The molecule has 0 aliphatic carbocycles. The second kappa shape index (κ2) is 4.99. The van der Waals surface area contributed by atoms with Gasteiger partial charge in [-0.3, -0.25) is 4.79 Å². The summed E-state index contributed by atoms with van der Waals surface area (Å²) in [6, 6.07) is 0. The van der Waals surface area contributed by atoms with Crippen LogP contribution in [-0.2, 0) is 16.6 Å². The molecule has 1 rings (SSSR count). The minimum Gasteiger partial charge on any atom is -0.466 e. The van der Waals surface area contributed by atoms with Crippen molar-refractivity contribution in [3.05, 3.63) is 28.6 Å². The van der Waals surface area contributed by atoms with Gasteiger partial charge in [0.1, 0.15) is 0 Å². The maximum absolute atomic E-state index is 11.5. The van der Waals surface area contributed by atoms with Crippen molar-refractivity contribution in [1.82, 2.24) is 4.57 Å². The molecule has 0 aliphatic rings. The lowest BCUT2D eigenvalue weighted by atomic mass is 10.1. The van der Waals surface area contributed by atoms with E-state index in [9.17, 15) is 9.59 Å². The third-order valence-corrected chi connectivity index (χ3v) is 2.92. The predicted molar refractivity (Wildman–Crippen MR) is 65.9 cm³/mol. The minimum absolute atomic E-state index is 0.0355. The van der Waals surface area contributed by atoms with E-state index in [2.05, 4.69) is 4.74 Å². The summed E-state index contributed by atoms with van der Waals surface area (Å²) in [7, 11) is 3.20. The average molecular weight is 235 g/mol. The minimum atomic E-state index is -0.410. The maximum Gasteiger partial charge on any atom is 0.330 e. The fourth-order valence-electron chi connectivity index (χ4n) is 1.97. The Hall–Kier alpha value is -1.84. The van der Waals surface area contributed by atoms with Crippen LogP contribution in [0.1, 0.15) is 34.2 Å². The fraction of sp³-hybridized carbons (Fsp3) is 0.385. The van der Waals surface area contributed by atoms with Crippen LogP contribution in [0.3, 0.4) is 0 Å². The van der Waals surface area contributed by atoms with Crippen LogP contribution in [0.5, 0.6) is 0 Å². The molecule has 0 saturated heterocycles. The van der Waals surface area contributed by atoms with Crippen molar-refractivity contribution in [2.45, 2.75) is 20.8 Å². The molecule has 4 nitrogen and oxygen atoms in total. The van der Waals surface area contributed by atoms with Crippen molar-refractivity contribution in [3.63, 3.8) is 0 Å². The van der Waals surface area contributed by atoms with Crippen LogP contribution in [0.15, 0.2) is 6.08 Å². The smallest absolute Gasteiger partial charge is 0.330 e. The standard InChI is InChI=1S/C13H17NO3/c1-8-11(6-7-12(16)17-5)14(4)9(2)13(8)10(3)15/h6-7H,1-5H3. The average Bonchev–Trinajstić information content (AvgIpc) is 2.48. The Kier molecular flexibility index (Phi) is 3.89. The molecular weight excluding hydrogens is 218 g/mol. The van der Waals surface area contributed by atoms with E-state index >= 15 is 0 Å². The summed E-state index contributed by atoms with van der Waals surface area (Å²) in [6.45, 7) is 5.31. The summed E-state index contributed by atoms with van der Waals surface area (Å²) in [5.41, 5.74) is 3.35. The van der Waals surface area contributed by atoms with Crippen molar-refractivity contribution >= 4 is 17.8 Å². The van der Waals surface area contributed by atoms with E-state index in [-0.39, 0.29) is 5.78 Å². The third kappa shape index (κ3) is 2.46. The lowest BCUT2D eigenvalue weighted by molar-refractivity contribution is -0.134. The van der Waals surface area contributed by atoms with Crippen molar-refractivity contribution in [2.75, 3.05) is 7.11 Å². The van der Waals surface area contributed by atoms with Crippen molar-refractivity contribution in [1.29, 1.82) is 0 Å². The highest BCUT2D eigenvalue weighted by Crippen LogP contribution is 2.22. The van der Waals surface area contributed by atoms with Crippen LogP contribution in [0.4, 0.5) is 0 Å². The Labute approximate surface area is 101 Å². The van der Waals surface area contributed by atoms with Gasteiger partial charge >= 0.3 is 5.97 Å². The summed E-state index contributed by atoms with van der Waals surface area (Å²) in [5, 5.41) is 0. The summed E-state index contributed by atoms with van der Waals surface area (Å²) in [5.74, 6) is -0.374. The Balaban J connectivity index is 3.27. The molecule has 0 amide bonds. The van der Waals surface area contributed by atoms with Gasteiger partial charge in [-0.15, -0.1) is 0 Å². The number of ether oxygens (including phenoxy) is 1. The summed E-state index contributed by atoms with van der Waals surface area (Å²) < 4.78 is 6.43. The van der Waals surface area contributed by atoms with Gasteiger partial charge < -0.3 is 9.30 Å². The van der Waals surface area contributed by atoms with Crippen LogP contribution in [0.2, 0.25) is 0 Å². The number of hydrogen-bond donors (Lipinski definition) is 0. The highest BCUT2D eigenvalue weighted by molar-refractivity contribution is 5.98. The Bertz CT molecular complexity index is 495. The van der Waals surface area contributed by atoms with Gasteiger partial charge in [0.25, 0.3) is 0 Å². The number of Topliss-reactive ketones (excluding diaryl/α,β-unsaturated/α-hetero) is 1. The van der Waals surface area contributed by atoms with Crippen molar-refractivity contribution in [3.8, 4) is 0 Å². The number of aromatic nitrogens is 1. The maximum atomic E-state index is 11.5. The largest absolute Gasteiger partial charge is 0.466 e. The zero-order valence-corrected chi connectivity index (χ0v) is 10.8. The van der Waals surface area contributed by atoms with Gasteiger partial charge in [0.2, 0.25) is 0 Å². The first-order valence-corrected chi connectivity index (χ1v) is 5.33. The highest BCUT2D eigenvalue weighted by Gasteiger charge is 2.16. The van der Waals surface area contributed by atoms with Crippen LogP contribution in [-0.4, -0.2) is 23.4 Å². The molecule has 0 atom stereocenters. The quantitative estimate of drug-likeness (QED) is 0.457. The Morgan fingerprint density at radius 3 is 2.29 bits per heavy atom. The lowest BCUT2D eigenvalue weighted by Gasteiger charge is -2.00. The Morgan fingerprint density at radius 1 is 1.29 bits per heavy atom. The summed E-state index contributed by atoms with van der Waals surface area (Å²) in [6.07, 6.45) is 3.02. The van der Waals surface area contributed by atoms with Crippen LogP contribution in [0, 0.1) is 13.8 Å². The summed E-state index contributed by atoms with van der Waals surface area (Å²) >= 11 is 0. The van der Waals surface area contributed by atoms with E-state index in [0.717, 1.165) is 22.5 Å². The van der Waals surface area contributed by atoms with Gasteiger partial charge in [-0.25, -0.2) is 4.79 Å². The van der Waals surface area contributed by atoms with E-state index in [1.54, 1.807) is 13.0 Å². The van der Waals surface area contributed by atoms with Gasteiger partial charge in [0.15, 0.2) is 5.78 Å². The molecule has 1 aromatic heterocycles. The zero-order valence-electron chi connectivity index (χ0n) is 10.8. The second-order valence-corrected chi connectivity index (χ2v) is 3.94. The second-order valence-electron chi connectivity index (χ2n) is 3.94. The molecule has 0 fully saturated rings. The molecular formula is C13H17NO3. The SMILES string of the molecule is COC(=O)C=Cc1c(C)c(C(C)=O)c(C)n1C. The van der Waals surface area contributed by atoms with Gasteiger partial charge in [-0.2, -0.15) is 0 Å². The van der Waals surface area contributed by atoms with Gasteiger partial charge in [0, 0.05) is 30.1 Å². The van der Waals surface area contributed by atoms with Gasteiger partial charge in [0.05, 0.1) is 7.11 Å². The lowest BCUT2D eigenvalue weighted by Crippen LogP contribution is -1.98. The molecule has 0 radical (unpaired) electrons. The van der Waals surface area contributed by atoms with E-state index in [4.69, 9.17) is 0 Å². The molecule has 17 heavy (non-hydrogen) atoms. The molecule has 0 spiro atoms. The number of hydrogen-bond acceptors (Lipinski definition) is 3. The van der Waals surface area contributed by atoms with E-state index in [1.165, 1.54) is 13.2 Å². The van der Waals surface area contributed by atoms with Crippen LogP contribution >= 0.6 is 0 Å². The monoisotopic (exact) mass is 235 g/mol.